The Morgan fingerprint density at radius 3 is 2.36 bits per heavy atom. The van der Waals surface area contributed by atoms with Gasteiger partial charge in [-0.3, -0.25) is 0 Å². The van der Waals surface area contributed by atoms with Crippen LogP contribution in [0.4, 0.5) is 0 Å². The molecule has 1 aromatic carbocycles. The second-order valence-electron chi connectivity index (χ2n) is 5.38. The number of quaternary nitrogens is 1. The van der Waals surface area contributed by atoms with E-state index >= 15 is 0 Å². The number of hydrogen-bond donors (Lipinski definition) is 1. The fraction of sp³-hybridized carbons (Fsp3) is 0.333. The molecule has 0 bridgehead atoms. The molecule has 1 fully saturated rings. The maximum Gasteiger partial charge on any atom is 0.253 e. The predicted molar refractivity (Wildman–Crippen MR) is 88.9 cm³/mol. The average molecular weight is 358 g/mol. The number of piperazine rings is 1. The first-order chi connectivity index (χ1) is 10.6. The van der Waals surface area contributed by atoms with E-state index in [1.54, 1.807) is 16.4 Å². The molecule has 1 saturated heterocycles. The fourth-order valence-electron chi connectivity index (χ4n) is 2.67. The Morgan fingerprint density at radius 1 is 1.09 bits per heavy atom. The molecule has 1 aliphatic rings. The standard InChI is InChI=1S/C15H17ClN2O2S2/c16-14-6-7-15(21-14)22(19,20)18-10-8-17(9-11-18)12-13-4-2-1-3-5-13/h1-7H,8-12H2/p+1. The van der Waals surface area contributed by atoms with Crippen LogP contribution in [-0.2, 0) is 16.6 Å². The van der Waals surface area contributed by atoms with Gasteiger partial charge in [-0.2, -0.15) is 4.31 Å². The molecule has 1 aliphatic heterocycles. The number of thiophene rings is 1. The molecule has 0 amide bonds. The number of sulfonamides is 1. The molecular formula is C15H18ClN2O2S2+. The quantitative estimate of drug-likeness (QED) is 0.900. The summed E-state index contributed by atoms with van der Waals surface area (Å²) in [6.45, 7) is 3.71. The predicted octanol–water partition coefficient (Wildman–Crippen LogP) is 1.49. The molecule has 22 heavy (non-hydrogen) atoms. The smallest absolute Gasteiger partial charge is 0.253 e. The first-order valence-electron chi connectivity index (χ1n) is 7.19. The third-order valence-corrected chi connectivity index (χ3v) is 7.47. The molecule has 0 unspecified atom stereocenters. The number of benzene rings is 1. The molecule has 4 nitrogen and oxygen atoms in total. The Morgan fingerprint density at radius 2 is 1.77 bits per heavy atom. The van der Waals surface area contributed by atoms with Crippen LogP contribution in [0.15, 0.2) is 46.7 Å². The normalized spacial score (nSPS) is 17.7. The summed E-state index contributed by atoms with van der Waals surface area (Å²) in [5, 5.41) is 0. The highest BCUT2D eigenvalue weighted by Gasteiger charge is 2.31. The van der Waals surface area contributed by atoms with Crippen molar-refractivity contribution >= 4 is 33.0 Å². The molecular weight excluding hydrogens is 340 g/mol. The summed E-state index contributed by atoms with van der Waals surface area (Å²) >= 11 is 6.97. The van der Waals surface area contributed by atoms with Crippen LogP contribution in [0.5, 0.6) is 0 Å². The molecule has 0 spiro atoms. The Bertz CT molecular complexity index is 723. The monoisotopic (exact) mass is 357 g/mol. The van der Waals surface area contributed by atoms with Crippen LogP contribution < -0.4 is 4.90 Å². The van der Waals surface area contributed by atoms with Crippen molar-refractivity contribution in [3.05, 3.63) is 52.4 Å². The zero-order valence-corrected chi connectivity index (χ0v) is 14.4. The van der Waals surface area contributed by atoms with Gasteiger partial charge in [0.2, 0.25) is 0 Å². The lowest BCUT2D eigenvalue weighted by molar-refractivity contribution is -0.917. The van der Waals surface area contributed by atoms with Crippen LogP contribution in [0.1, 0.15) is 5.56 Å². The Kier molecular flexibility index (Phi) is 4.84. The largest absolute Gasteiger partial charge is 0.329 e. The van der Waals surface area contributed by atoms with Gasteiger partial charge >= 0.3 is 0 Å². The topological polar surface area (TPSA) is 41.8 Å². The molecule has 0 aliphatic carbocycles. The van der Waals surface area contributed by atoms with Gasteiger partial charge < -0.3 is 4.90 Å². The van der Waals surface area contributed by atoms with E-state index in [4.69, 9.17) is 11.6 Å². The van der Waals surface area contributed by atoms with Crippen LogP contribution in [0.25, 0.3) is 0 Å². The molecule has 118 valence electrons. The van der Waals surface area contributed by atoms with Gasteiger partial charge in [-0.05, 0) is 12.1 Å². The summed E-state index contributed by atoms with van der Waals surface area (Å²) in [6.07, 6.45) is 0. The number of halogens is 1. The van der Waals surface area contributed by atoms with E-state index in [1.165, 1.54) is 10.5 Å². The summed E-state index contributed by atoms with van der Waals surface area (Å²) in [4.78, 5) is 1.42. The third-order valence-electron chi connectivity index (χ3n) is 3.87. The summed E-state index contributed by atoms with van der Waals surface area (Å²) in [7, 11) is -3.38. The number of nitrogens with zero attached hydrogens (tertiary/aromatic N) is 1. The first kappa shape index (κ1) is 16.0. The van der Waals surface area contributed by atoms with E-state index < -0.39 is 10.0 Å². The lowest BCUT2D eigenvalue weighted by Crippen LogP contribution is -3.13. The van der Waals surface area contributed by atoms with E-state index in [-0.39, 0.29) is 0 Å². The van der Waals surface area contributed by atoms with Crippen molar-refractivity contribution in [3.8, 4) is 0 Å². The van der Waals surface area contributed by atoms with Gasteiger partial charge in [0.25, 0.3) is 10.0 Å². The Hall–Kier alpha value is -0.920. The highest BCUT2D eigenvalue weighted by atomic mass is 35.5. The summed E-state index contributed by atoms with van der Waals surface area (Å²) in [5.74, 6) is 0. The minimum Gasteiger partial charge on any atom is -0.329 e. The molecule has 0 saturated carbocycles. The van der Waals surface area contributed by atoms with Crippen molar-refractivity contribution in [1.82, 2.24) is 4.31 Å². The second-order valence-corrected chi connectivity index (χ2v) is 9.25. The van der Waals surface area contributed by atoms with Crippen molar-refractivity contribution < 1.29 is 13.3 Å². The minimum absolute atomic E-state index is 0.337. The maximum absolute atomic E-state index is 12.5. The summed E-state index contributed by atoms with van der Waals surface area (Å²) in [6, 6.07) is 13.5. The highest BCUT2D eigenvalue weighted by molar-refractivity contribution is 7.91. The van der Waals surface area contributed by atoms with Crippen molar-refractivity contribution in [3.63, 3.8) is 0 Å². The van der Waals surface area contributed by atoms with Gasteiger partial charge in [0.15, 0.2) is 0 Å². The summed E-state index contributed by atoms with van der Waals surface area (Å²) in [5.41, 5.74) is 1.29. The van der Waals surface area contributed by atoms with Crippen LogP contribution in [0.2, 0.25) is 4.34 Å². The zero-order chi connectivity index (χ0) is 15.6. The molecule has 2 aromatic rings. The third kappa shape index (κ3) is 3.52. The lowest BCUT2D eigenvalue weighted by atomic mass is 10.2. The van der Waals surface area contributed by atoms with Crippen molar-refractivity contribution in [2.45, 2.75) is 10.8 Å². The molecule has 0 atom stereocenters. The average Bonchev–Trinajstić information content (AvgIpc) is 2.96. The molecule has 7 heteroatoms. The second kappa shape index (κ2) is 6.68. The molecule has 0 radical (unpaired) electrons. The molecule has 1 aromatic heterocycles. The fourth-order valence-corrected chi connectivity index (χ4v) is 5.75. The maximum atomic E-state index is 12.5. The van der Waals surface area contributed by atoms with E-state index in [1.807, 2.05) is 18.2 Å². The van der Waals surface area contributed by atoms with Crippen molar-refractivity contribution in [2.75, 3.05) is 26.2 Å². The van der Waals surface area contributed by atoms with Crippen LogP contribution in [0, 0.1) is 0 Å². The van der Waals surface area contributed by atoms with Crippen molar-refractivity contribution in [1.29, 1.82) is 0 Å². The van der Waals surface area contributed by atoms with Crippen LogP contribution in [-0.4, -0.2) is 38.9 Å². The molecule has 3 rings (SSSR count). The van der Waals surface area contributed by atoms with Gasteiger partial charge in [0.05, 0.1) is 30.5 Å². The number of hydrogen-bond acceptors (Lipinski definition) is 3. The molecule has 1 N–H and O–H groups in total. The number of rotatable bonds is 4. The van der Waals surface area contributed by atoms with Gasteiger partial charge in [-0.15, -0.1) is 11.3 Å². The summed E-state index contributed by atoms with van der Waals surface area (Å²) < 4.78 is 27.5. The van der Waals surface area contributed by atoms with Crippen LogP contribution in [0.3, 0.4) is 0 Å². The van der Waals surface area contributed by atoms with Gasteiger partial charge in [-0.1, -0.05) is 41.9 Å². The van der Waals surface area contributed by atoms with Gasteiger partial charge in [0, 0.05) is 5.56 Å². The van der Waals surface area contributed by atoms with Crippen LogP contribution >= 0.6 is 22.9 Å². The van der Waals surface area contributed by atoms with E-state index in [9.17, 15) is 8.42 Å². The zero-order valence-electron chi connectivity index (χ0n) is 12.0. The first-order valence-corrected chi connectivity index (χ1v) is 9.82. The van der Waals surface area contributed by atoms with Gasteiger partial charge in [0.1, 0.15) is 10.8 Å². The lowest BCUT2D eigenvalue weighted by Gasteiger charge is -2.31. The van der Waals surface area contributed by atoms with E-state index in [0.717, 1.165) is 31.0 Å². The minimum atomic E-state index is -3.38. The SMILES string of the molecule is O=S(=O)(c1ccc(Cl)s1)N1CC[NH+](Cc2ccccc2)CC1. The number of nitrogens with one attached hydrogen (secondary N) is 1. The van der Waals surface area contributed by atoms with Gasteiger partial charge in [-0.25, -0.2) is 8.42 Å². The van der Waals surface area contributed by atoms with E-state index in [0.29, 0.717) is 21.6 Å². The highest BCUT2D eigenvalue weighted by Crippen LogP contribution is 2.27. The van der Waals surface area contributed by atoms with Crippen molar-refractivity contribution in [2.24, 2.45) is 0 Å². The Labute approximate surface area is 140 Å². The molecule has 2 heterocycles. The Balaban J connectivity index is 1.62. The van der Waals surface area contributed by atoms with E-state index in [2.05, 4.69) is 12.1 Å².